The lowest BCUT2D eigenvalue weighted by atomic mass is 10.1. The maximum Gasteiger partial charge on any atom is 0.243 e. The number of nitrogens with zero attached hydrogens (tertiary/aromatic N) is 1. The van der Waals surface area contributed by atoms with E-state index in [1.807, 2.05) is 26.0 Å². The van der Waals surface area contributed by atoms with Gasteiger partial charge in [0.1, 0.15) is 0 Å². The topological polar surface area (TPSA) is 37.4 Å². The highest BCUT2D eigenvalue weighted by Crippen LogP contribution is 2.17. The molecule has 0 spiro atoms. The Kier molecular flexibility index (Phi) is 7.24. The molecule has 114 valence electrons. The van der Waals surface area contributed by atoms with Gasteiger partial charge >= 0.3 is 0 Å². The van der Waals surface area contributed by atoms with Gasteiger partial charge < -0.3 is 0 Å². The van der Waals surface area contributed by atoms with Gasteiger partial charge in [0.2, 0.25) is 10.0 Å². The number of sulfonamides is 1. The first kappa shape index (κ1) is 17.2. The highest BCUT2D eigenvalue weighted by Gasteiger charge is 2.22. The van der Waals surface area contributed by atoms with Gasteiger partial charge in [-0.2, -0.15) is 4.31 Å². The molecule has 20 heavy (non-hydrogen) atoms. The lowest BCUT2D eigenvalue weighted by molar-refractivity contribution is 0.411. The molecule has 0 N–H and O–H groups in total. The quantitative estimate of drug-likeness (QED) is 0.647. The fourth-order valence-corrected chi connectivity index (χ4v) is 3.69. The summed E-state index contributed by atoms with van der Waals surface area (Å²) in [6, 6.07) is 7.10. The van der Waals surface area contributed by atoms with E-state index in [1.54, 1.807) is 16.4 Å². The minimum absolute atomic E-state index is 0.401. The number of aryl methyl sites for hydroxylation is 1. The van der Waals surface area contributed by atoms with Crippen LogP contribution >= 0.6 is 0 Å². The maximum atomic E-state index is 12.5. The van der Waals surface area contributed by atoms with Gasteiger partial charge in [-0.1, -0.05) is 57.2 Å². The predicted molar refractivity (Wildman–Crippen MR) is 84.4 cm³/mol. The predicted octanol–water partition coefficient (Wildman–Crippen LogP) is 3.98. The Bertz CT molecular complexity index is 480. The Hall–Kier alpha value is -0.870. The molecule has 0 aliphatic carbocycles. The molecule has 0 aromatic heterocycles. The standard InChI is InChI=1S/C16H27NO2S/c1-4-6-7-8-9-14-17(5-2)20(18,19)16-12-10-15(3)11-13-16/h10-13H,4-9,14H2,1-3H3. The average molecular weight is 297 g/mol. The van der Waals surface area contributed by atoms with Crippen molar-refractivity contribution in [3.8, 4) is 0 Å². The zero-order valence-corrected chi connectivity index (χ0v) is 13.7. The zero-order valence-electron chi connectivity index (χ0n) is 12.9. The zero-order chi connectivity index (χ0) is 15.0. The molecule has 4 heteroatoms. The smallest absolute Gasteiger partial charge is 0.207 e. The summed E-state index contributed by atoms with van der Waals surface area (Å²) >= 11 is 0. The lowest BCUT2D eigenvalue weighted by Gasteiger charge is -2.20. The van der Waals surface area contributed by atoms with Crippen LogP contribution in [0.1, 0.15) is 51.5 Å². The van der Waals surface area contributed by atoms with Gasteiger partial charge in [-0.3, -0.25) is 0 Å². The molecule has 3 nitrogen and oxygen atoms in total. The Morgan fingerprint density at radius 1 is 0.950 bits per heavy atom. The number of unbranched alkanes of at least 4 members (excludes halogenated alkanes) is 4. The first-order valence-electron chi connectivity index (χ1n) is 7.59. The highest BCUT2D eigenvalue weighted by molar-refractivity contribution is 7.89. The Morgan fingerprint density at radius 2 is 1.55 bits per heavy atom. The van der Waals surface area contributed by atoms with Gasteiger partial charge in [0.15, 0.2) is 0 Å². The van der Waals surface area contributed by atoms with E-state index < -0.39 is 10.0 Å². The SMILES string of the molecule is CCCCCCCN(CC)S(=O)(=O)c1ccc(C)cc1. The molecule has 0 atom stereocenters. The van der Waals surface area contributed by atoms with E-state index in [0.717, 1.165) is 18.4 Å². The molecule has 1 rings (SSSR count). The van der Waals surface area contributed by atoms with Crippen LogP contribution in [0.5, 0.6) is 0 Å². The maximum absolute atomic E-state index is 12.5. The van der Waals surface area contributed by atoms with Gasteiger partial charge in [-0.05, 0) is 25.5 Å². The summed E-state index contributed by atoms with van der Waals surface area (Å²) in [5.41, 5.74) is 1.08. The van der Waals surface area contributed by atoms with Crippen LogP contribution in [-0.2, 0) is 10.0 Å². The average Bonchev–Trinajstić information content (AvgIpc) is 2.43. The number of rotatable bonds is 9. The fraction of sp³-hybridized carbons (Fsp3) is 0.625. The summed E-state index contributed by atoms with van der Waals surface area (Å²) < 4.78 is 26.6. The van der Waals surface area contributed by atoms with E-state index in [0.29, 0.717) is 18.0 Å². The molecule has 0 aliphatic rings. The van der Waals surface area contributed by atoms with Crippen molar-refractivity contribution in [3.05, 3.63) is 29.8 Å². The molecule has 0 saturated heterocycles. The van der Waals surface area contributed by atoms with Crippen LogP contribution in [0.3, 0.4) is 0 Å². The van der Waals surface area contributed by atoms with Crippen LogP contribution in [0.25, 0.3) is 0 Å². The number of hydrogen-bond donors (Lipinski definition) is 0. The summed E-state index contributed by atoms with van der Waals surface area (Å²) in [7, 11) is -3.33. The van der Waals surface area contributed by atoms with Gasteiger partial charge in [-0.15, -0.1) is 0 Å². The summed E-state index contributed by atoms with van der Waals surface area (Å²) in [6.07, 6.45) is 5.68. The van der Waals surface area contributed by atoms with Crippen LogP contribution in [0.4, 0.5) is 0 Å². The van der Waals surface area contributed by atoms with Gasteiger partial charge in [0.05, 0.1) is 4.90 Å². The molecule has 0 radical (unpaired) electrons. The molecule has 0 unspecified atom stereocenters. The second kappa shape index (κ2) is 8.42. The van der Waals surface area contributed by atoms with Crippen molar-refractivity contribution in [1.82, 2.24) is 4.31 Å². The van der Waals surface area contributed by atoms with Gasteiger partial charge in [-0.25, -0.2) is 8.42 Å². The Balaban J connectivity index is 2.65. The molecular weight excluding hydrogens is 270 g/mol. The van der Waals surface area contributed by atoms with E-state index in [9.17, 15) is 8.42 Å². The van der Waals surface area contributed by atoms with Crippen LogP contribution < -0.4 is 0 Å². The molecular formula is C16H27NO2S. The first-order valence-corrected chi connectivity index (χ1v) is 9.03. The van der Waals surface area contributed by atoms with Crippen molar-refractivity contribution >= 4 is 10.0 Å². The van der Waals surface area contributed by atoms with E-state index in [2.05, 4.69) is 6.92 Å². The van der Waals surface area contributed by atoms with Gasteiger partial charge in [0, 0.05) is 13.1 Å². The first-order chi connectivity index (χ1) is 9.52. The van der Waals surface area contributed by atoms with Crippen molar-refractivity contribution in [2.45, 2.75) is 57.8 Å². The second-order valence-corrected chi connectivity index (χ2v) is 7.16. The number of hydrogen-bond acceptors (Lipinski definition) is 2. The Labute approximate surface area is 124 Å². The molecule has 0 saturated carbocycles. The van der Waals surface area contributed by atoms with Crippen molar-refractivity contribution < 1.29 is 8.42 Å². The van der Waals surface area contributed by atoms with E-state index >= 15 is 0 Å². The van der Waals surface area contributed by atoms with Gasteiger partial charge in [0.25, 0.3) is 0 Å². The number of benzene rings is 1. The molecule has 0 amide bonds. The van der Waals surface area contributed by atoms with Crippen molar-refractivity contribution in [1.29, 1.82) is 0 Å². The lowest BCUT2D eigenvalue weighted by Crippen LogP contribution is -2.31. The fourth-order valence-electron chi connectivity index (χ4n) is 2.20. The minimum atomic E-state index is -3.33. The third-order valence-corrected chi connectivity index (χ3v) is 5.51. The van der Waals surface area contributed by atoms with Crippen molar-refractivity contribution in [2.75, 3.05) is 13.1 Å². The van der Waals surface area contributed by atoms with E-state index in [-0.39, 0.29) is 0 Å². The minimum Gasteiger partial charge on any atom is -0.207 e. The van der Waals surface area contributed by atoms with E-state index in [4.69, 9.17) is 0 Å². The van der Waals surface area contributed by atoms with Crippen molar-refractivity contribution in [2.24, 2.45) is 0 Å². The third kappa shape index (κ3) is 4.91. The largest absolute Gasteiger partial charge is 0.243 e. The normalized spacial score (nSPS) is 12.0. The summed E-state index contributed by atoms with van der Waals surface area (Å²) in [4.78, 5) is 0.401. The van der Waals surface area contributed by atoms with E-state index in [1.165, 1.54) is 19.3 Å². The Morgan fingerprint density at radius 3 is 2.10 bits per heavy atom. The van der Waals surface area contributed by atoms with Crippen LogP contribution in [0.15, 0.2) is 29.2 Å². The molecule has 0 aliphatic heterocycles. The highest BCUT2D eigenvalue weighted by atomic mass is 32.2. The van der Waals surface area contributed by atoms with Crippen LogP contribution in [-0.4, -0.2) is 25.8 Å². The third-order valence-electron chi connectivity index (χ3n) is 3.52. The summed E-state index contributed by atoms with van der Waals surface area (Å²) in [5, 5.41) is 0. The monoisotopic (exact) mass is 297 g/mol. The molecule has 1 aromatic rings. The molecule has 0 heterocycles. The molecule has 0 bridgehead atoms. The summed E-state index contributed by atoms with van der Waals surface area (Å²) in [6.45, 7) is 7.19. The van der Waals surface area contributed by atoms with Crippen molar-refractivity contribution in [3.63, 3.8) is 0 Å². The molecule has 0 fully saturated rings. The molecule has 1 aromatic carbocycles. The summed E-state index contributed by atoms with van der Waals surface area (Å²) in [5.74, 6) is 0. The van der Waals surface area contributed by atoms with Crippen LogP contribution in [0.2, 0.25) is 0 Å². The van der Waals surface area contributed by atoms with Crippen LogP contribution in [0, 0.1) is 6.92 Å². The second-order valence-electron chi connectivity index (χ2n) is 5.22.